The molecule has 2 aromatic heterocycles. The number of aromatic amines is 2. The van der Waals surface area contributed by atoms with E-state index in [0.717, 1.165) is 76.6 Å². The van der Waals surface area contributed by atoms with E-state index >= 15 is 0 Å². The summed E-state index contributed by atoms with van der Waals surface area (Å²) in [5.41, 5.74) is 6.58. The van der Waals surface area contributed by atoms with Crippen LogP contribution in [0, 0.1) is 0 Å². The fourth-order valence-corrected chi connectivity index (χ4v) is 3.45. The SMILES string of the molecule is C=c1cc2nc(cc3ccc(cc4nc(c/c(=C/CC)[nH]1)CC4)[nH]3)CC2. The summed E-state index contributed by atoms with van der Waals surface area (Å²) in [4.78, 5) is 16.4. The first kappa shape index (κ1) is 16.6. The number of rotatable bonds is 1. The Balaban J connectivity index is 2.03. The van der Waals surface area contributed by atoms with Gasteiger partial charge >= 0.3 is 0 Å². The van der Waals surface area contributed by atoms with Crippen molar-refractivity contribution >= 4 is 23.7 Å². The molecule has 2 aromatic rings. The van der Waals surface area contributed by atoms with Crippen LogP contribution in [0.15, 0.2) is 36.4 Å². The minimum absolute atomic E-state index is 0.865. The minimum atomic E-state index is 0.865. The number of hydrogen-bond donors (Lipinski definition) is 2. The largest absolute Gasteiger partial charge is 0.356 e. The summed E-state index contributed by atoms with van der Waals surface area (Å²) in [5, 5.41) is 1.92. The van der Waals surface area contributed by atoms with Crippen LogP contribution in [0.1, 0.15) is 36.1 Å². The molecule has 0 atom stereocenters. The van der Waals surface area contributed by atoms with Crippen LogP contribution in [0.25, 0.3) is 23.7 Å². The molecule has 2 aliphatic heterocycles. The van der Waals surface area contributed by atoms with Gasteiger partial charge in [0.2, 0.25) is 0 Å². The van der Waals surface area contributed by atoms with E-state index in [1.165, 1.54) is 0 Å². The molecule has 26 heavy (non-hydrogen) atoms. The van der Waals surface area contributed by atoms with E-state index < -0.39 is 0 Å². The third-order valence-electron chi connectivity index (χ3n) is 4.62. The average Bonchev–Trinajstić information content (AvgIpc) is 3.31. The van der Waals surface area contributed by atoms with E-state index in [0.29, 0.717) is 0 Å². The molecule has 132 valence electrons. The molecule has 4 heteroatoms. The molecule has 0 radical (unpaired) electrons. The van der Waals surface area contributed by atoms with Crippen LogP contribution < -0.4 is 10.7 Å². The molecule has 0 unspecified atom stereocenters. The van der Waals surface area contributed by atoms with Gasteiger partial charge in [-0.2, -0.15) is 0 Å². The van der Waals surface area contributed by atoms with E-state index in [1.54, 1.807) is 0 Å². The minimum Gasteiger partial charge on any atom is -0.356 e. The molecule has 2 aliphatic rings. The van der Waals surface area contributed by atoms with Crippen molar-refractivity contribution in [3.05, 3.63) is 69.9 Å². The van der Waals surface area contributed by atoms with Gasteiger partial charge in [-0.15, -0.1) is 0 Å². The lowest BCUT2D eigenvalue weighted by Crippen LogP contribution is -2.15. The van der Waals surface area contributed by atoms with Crippen molar-refractivity contribution in [3.8, 4) is 0 Å². The molecule has 0 aliphatic carbocycles. The Morgan fingerprint density at radius 1 is 0.846 bits per heavy atom. The standard InChI is InChI=1S/C22H24N4/c1-3-4-16-12-18-7-8-21(25-18)14-22-10-9-20(26-22)13-19-6-5-17(24-19)11-15(2)23-16/h4,9-14,23,26H,2-3,5-8H2,1H3/b16-4-,17-11?,18-12?,20-13?,22-14?. The van der Waals surface area contributed by atoms with Crippen LogP contribution in [-0.2, 0) is 25.7 Å². The summed E-state index contributed by atoms with van der Waals surface area (Å²) in [6, 6.07) is 12.7. The maximum absolute atomic E-state index is 4.79. The number of fused-ring (bicyclic) bond motifs is 6. The molecule has 4 nitrogen and oxygen atoms in total. The van der Waals surface area contributed by atoms with E-state index in [1.807, 2.05) is 6.07 Å². The Labute approximate surface area is 153 Å². The van der Waals surface area contributed by atoms with Crippen molar-refractivity contribution < 1.29 is 0 Å². The average molecular weight is 344 g/mol. The van der Waals surface area contributed by atoms with Gasteiger partial charge in [0.1, 0.15) is 0 Å². The van der Waals surface area contributed by atoms with E-state index in [-0.39, 0.29) is 0 Å². The van der Waals surface area contributed by atoms with Crippen molar-refractivity contribution in [1.29, 1.82) is 0 Å². The molecule has 0 spiro atoms. The highest BCUT2D eigenvalue weighted by molar-refractivity contribution is 5.59. The number of aromatic nitrogens is 4. The van der Waals surface area contributed by atoms with Crippen LogP contribution in [0.2, 0.25) is 0 Å². The van der Waals surface area contributed by atoms with Crippen molar-refractivity contribution in [2.75, 3.05) is 0 Å². The quantitative estimate of drug-likeness (QED) is 0.836. The Morgan fingerprint density at radius 3 is 1.96 bits per heavy atom. The zero-order valence-corrected chi connectivity index (χ0v) is 15.2. The first-order chi connectivity index (χ1) is 12.7. The van der Waals surface area contributed by atoms with E-state index in [4.69, 9.17) is 9.97 Å². The lowest BCUT2D eigenvalue weighted by Gasteiger charge is -1.88. The van der Waals surface area contributed by atoms with Gasteiger partial charge in [0.25, 0.3) is 0 Å². The van der Waals surface area contributed by atoms with Crippen molar-refractivity contribution in [3.63, 3.8) is 0 Å². The second-order valence-corrected chi connectivity index (χ2v) is 6.85. The van der Waals surface area contributed by atoms with Crippen molar-refractivity contribution in [2.24, 2.45) is 0 Å². The first-order valence-electron chi connectivity index (χ1n) is 9.29. The summed E-state index contributed by atoms with van der Waals surface area (Å²) >= 11 is 0. The number of hydrogen-bond acceptors (Lipinski definition) is 2. The molecular formula is C22H24N4. The van der Waals surface area contributed by atoms with Gasteiger partial charge in [-0.25, -0.2) is 0 Å². The highest BCUT2D eigenvalue weighted by atomic mass is 14.8. The van der Waals surface area contributed by atoms with Crippen LogP contribution in [0.5, 0.6) is 0 Å². The number of H-pyrrole nitrogens is 2. The molecule has 4 heterocycles. The highest BCUT2D eigenvalue weighted by Crippen LogP contribution is 2.13. The lowest BCUT2D eigenvalue weighted by molar-refractivity contribution is 1.01. The summed E-state index contributed by atoms with van der Waals surface area (Å²) < 4.78 is 0. The van der Waals surface area contributed by atoms with E-state index in [9.17, 15) is 0 Å². The Bertz CT molecular complexity index is 1100. The van der Waals surface area contributed by atoms with Gasteiger partial charge in [-0.05, 0) is 68.5 Å². The summed E-state index contributed by atoms with van der Waals surface area (Å²) in [6.07, 6.45) is 6.99. The maximum atomic E-state index is 4.79. The van der Waals surface area contributed by atoms with Gasteiger partial charge in [-0.3, -0.25) is 9.97 Å². The molecule has 0 saturated heterocycles. The molecule has 6 bridgehead atoms. The zero-order valence-electron chi connectivity index (χ0n) is 15.2. The van der Waals surface area contributed by atoms with Gasteiger partial charge in [-0.1, -0.05) is 19.6 Å². The van der Waals surface area contributed by atoms with Gasteiger partial charge in [0, 0.05) is 44.5 Å². The fraction of sp³-hybridized carbons (Fsp3) is 0.273. The Hall–Kier alpha value is -2.88. The molecule has 2 N–H and O–H groups in total. The Kier molecular flexibility index (Phi) is 4.57. The highest BCUT2D eigenvalue weighted by Gasteiger charge is 2.06. The van der Waals surface area contributed by atoms with E-state index in [2.05, 4.69) is 59.9 Å². The number of aryl methyl sites for hydroxylation is 4. The third-order valence-corrected chi connectivity index (χ3v) is 4.62. The predicted octanol–water partition coefficient (Wildman–Crippen LogP) is 2.90. The van der Waals surface area contributed by atoms with Gasteiger partial charge in [0.05, 0.1) is 0 Å². The molecule has 0 fully saturated rings. The zero-order chi connectivity index (χ0) is 17.9. The predicted molar refractivity (Wildman–Crippen MR) is 107 cm³/mol. The summed E-state index contributed by atoms with van der Waals surface area (Å²) in [7, 11) is 0. The van der Waals surface area contributed by atoms with Crippen LogP contribution in [-0.4, -0.2) is 19.9 Å². The summed E-state index contributed by atoms with van der Waals surface area (Å²) in [6.45, 7) is 6.29. The fourth-order valence-electron chi connectivity index (χ4n) is 3.45. The number of nitrogens with one attached hydrogen (secondary N) is 2. The van der Waals surface area contributed by atoms with Gasteiger partial charge < -0.3 is 9.97 Å². The second kappa shape index (κ2) is 7.16. The van der Waals surface area contributed by atoms with Crippen LogP contribution >= 0.6 is 0 Å². The maximum Gasteiger partial charge on any atom is 0.0431 e. The first-order valence-corrected chi connectivity index (χ1v) is 9.29. The molecule has 0 aromatic carbocycles. The lowest BCUT2D eigenvalue weighted by atomic mass is 10.2. The normalized spacial score (nSPS) is 14.3. The smallest absolute Gasteiger partial charge is 0.0431 e. The third kappa shape index (κ3) is 3.85. The van der Waals surface area contributed by atoms with Crippen molar-refractivity contribution in [1.82, 2.24) is 19.9 Å². The molecule has 0 saturated carbocycles. The second-order valence-electron chi connectivity index (χ2n) is 6.85. The molecule has 4 rings (SSSR count). The van der Waals surface area contributed by atoms with Crippen LogP contribution in [0.4, 0.5) is 0 Å². The monoisotopic (exact) mass is 344 g/mol. The Morgan fingerprint density at radius 2 is 1.38 bits per heavy atom. The number of nitrogens with zero attached hydrogens (tertiary/aromatic N) is 2. The molecular weight excluding hydrogens is 320 g/mol. The molecule has 0 amide bonds. The van der Waals surface area contributed by atoms with Crippen molar-refractivity contribution in [2.45, 2.75) is 39.0 Å². The topological polar surface area (TPSA) is 57.4 Å². The summed E-state index contributed by atoms with van der Waals surface area (Å²) in [5.74, 6) is 0. The van der Waals surface area contributed by atoms with Gasteiger partial charge in [0.15, 0.2) is 0 Å². The van der Waals surface area contributed by atoms with Crippen LogP contribution in [0.3, 0.4) is 0 Å².